The number of nitrogens with zero attached hydrogens (tertiary/aromatic N) is 1. The van der Waals surface area contributed by atoms with Crippen molar-refractivity contribution in [2.45, 2.75) is 56.8 Å². The van der Waals surface area contributed by atoms with Gasteiger partial charge < -0.3 is 4.90 Å². The molecule has 0 atom stereocenters. The SMILES string of the molecule is Cc1ccc(S(=O)(=O)NCCC2=CCCCC2)cc1C(=O)N1CCCC1. The minimum absolute atomic E-state index is 0.0654. The molecule has 1 N–H and O–H groups in total. The number of benzene rings is 1. The number of rotatable bonds is 6. The van der Waals surface area contributed by atoms with Crippen LogP contribution in [0.25, 0.3) is 0 Å². The smallest absolute Gasteiger partial charge is 0.254 e. The van der Waals surface area contributed by atoms with Crippen LogP contribution < -0.4 is 4.72 Å². The molecule has 3 rings (SSSR count). The summed E-state index contributed by atoms with van der Waals surface area (Å²) in [6.07, 6.45) is 9.61. The second-order valence-electron chi connectivity index (χ2n) is 7.23. The van der Waals surface area contributed by atoms with Gasteiger partial charge in [-0.1, -0.05) is 17.7 Å². The van der Waals surface area contributed by atoms with Crippen molar-refractivity contribution >= 4 is 15.9 Å². The summed E-state index contributed by atoms with van der Waals surface area (Å²) in [6, 6.07) is 4.83. The molecule has 0 unspecified atom stereocenters. The zero-order valence-corrected chi connectivity index (χ0v) is 16.3. The van der Waals surface area contributed by atoms with Gasteiger partial charge in [0.2, 0.25) is 10.0 Å². The monoisotopic (exact) mass is 376 g/mol. The van der Waals surface area contributed by atoms with Gasteiger partial charge in [0.05, 0.1) is 4.90 Å². The zero-order chi connectivity index (χ0) is 18.6. The number of amides is 1. The van der Waals surface area contributed by atoms with E-state index in [0.717, 1.165) is 50.8 Å². The van der Waals surface area contributed by atoms with Gasteiger partial charge in [0.15, 0.2) is 0 Å². The van der Waals surface area contributed by atoms with Gasteiger partial charge in [-0.15, -0.1) is 0 Å². The molecule has 5 nitrogen and oxygen atoms in total. The molecule has 0 radical (unpaired) electrons. The van der Waals surface area contributed by atoms with Crippen molar-refractivity contribution in [2.24, 2.45) is 0 Å². The van der Waals surface area contributed by atoms with E-state index in [1.54, 1.807) is 12.1 Å². The maximum Gasteiger partial charge on any atom is 0.254 e. The number of hydrogen-bond acceptors (Lipinski definition) is 3. The summed E-state index contributed by atoms with van der Waals surface area (Å²) in [7, 11) is -3.61. The van der Waals surface area contributed by atoms with Crippen LogP contribution in [-0.2, 0) is 10.0 Å². The quantitative estimate of drug-likeness (QED) is 0.774. The Kier molecular flexibility index (Phi) is 6.14. The van der Waals surface area contributed by atoms with Gasteiger partial charge >= 0.3 is 0 Å². The first kappa shape index (κ1) is 19.1. The van der Waals surface area contributed by atoms with Crippen LogP contribution in [0.5, 0.6) is 0 Å². The summed E-state index contributed by atoms with van der Waals surface area (Å²) in [5, 5.41) is 0. The van der Waals surface area contributed by atoms with Gasteiger partial charge in [-0.05, 0) is 69.6 Å². The van der Waals surface area contributed by atoms with Crippen molar-refractivity contribution in [2.75, 3.05) is 19.6 Å². The summed E-state index contributed by atoms with van der Waals surface area (Å²) in [5.41, 5.74) is 2.64. The highest BCUT2D eigenvalue weighted by Crippen LogP contribution is 2.21. The highest BCUT2D eigenvalue weighted by Gasteiger charge is 2.23. The summed E-state index contributed by atoms with van der Waals surface area (Å²) in [5.74, 6) is -0.0654. The van der Waals surface area contributed by atoms with Crippen molar-refractivity contribution in [1.82, 2.24) is 9.62 Å². The van der Waals surface area contributed by atoms with Gasteiger partial charge in [0.25, 0.3) is 5.91 Å². The third kappa shape index (κ3) is 4.54. The lowest BCUT2D eigenvalue weighted by Gasteiger charge is -2.17. The molecule has 1 amide bonds. The lowest BCUT2D eigenvalue weighted by Crippen LogP contribution is -2.29. The summed E-state index contributed by atoms with van der Waals surface area (Å²) in [6.45, 7) is 3.76. The maximum atomic E-state index is 12.7. The first-order valence-corrected chi connectivity index (χ1v) is 11.0. The standard InChI is InChI=1S/C20H28N2O3S/c1-16-9-10-18(15-19(16)20(23)22-13-5-6-14-22)26(24,25)21-12-11-17-7-3-2-4-8-17/h7,9-10,15,21H,2-6,8,11-14H2,1H3. The van der Waals surface area contributed by atoms with Gasteiger partial charge in [-0.3, -0.25) is 4.79 Å². The number of sulfonamides is 1. The van der Waals surface area contributed by atoms with Crippen LogP contribution in [0.1, 0.15) is 60.9 Å². The van der Waals surface area contributed by atoms with Gasteiger partial charge in [-0.25, -0.2) is 13.1 Å². The average Bonchev–Trinajstić information content (AvgIpc) is 3.17. The van der Waals surface area contributed by atoms with Crippen LogP contribution in [0.3, 0.4) is 0 Å². The number of allylic oxidation sites excluding steroid dienone is 1. The van der Waals surface area contributed by atoms with Crippen molar-refractivity contribution in [3.05, 3.63) is 41.0 Å². The molecule has 0 bridgehead atoms. The third-order valence-corrected chi connectivity index (χ3v) is 6.72. The van der Waals surface area contributed by atoms with Crippen LogP contribution in [0, 0.1) is 6.92 Å². The second kappa shape index (κ2) is 8.35. The highest BCUT2D eigenvalue weighted by molar-refractivity contribution is 7.89. The Balaban J connectivity index is 1.69. The van der Waals surface area contributed by atoms with Gasteiger partial charge in [0, 0.05) is 25.2 Å². The van der Waals surface area contributed by atoms with Crippen LogP contribution in [-0.4, -0.2) is 38.9 Å². The number of hydrogen-bond donors (Lipinski definition) is 1. The molecule has 1 aromatic rings. The second-order valence-corrected chi connectivity index (χ2v) is 9.00. The van der Waals surface area contributed by atoms with E-state index in [2.05, 4.69) is 10.8 Å². The summed E-state index contributed by atoms with van der Waals surface area (Å²) >= 11 is 0. The molecule has 1 aromatic carbocycles. The van der Waals surface area contributed by atoms with Crippen molar-refractivity contribution in [3.63, 3.8) is 0 Å². The third-order valence-electron chi connectivity index (χ3n) is 5.27. The molecule has 26 heavy (non-hydrogen) atoms. The van der Waals surface area contributed by atoms with E-state index in [4.69, 9.17) is 0 Å². The lowest BCUT2D eigenvalue weighted by atomic mass is 9.97. The van der Waals surface area contributed by atoms with Crippen LogP contribution in [0.4, 0.5) is 0 Å². The van der Waals surface area contributed by atoms with Gasteiger partial charge in [0.1, 0.15) is 0 Å². The lowest BCUT2D eigenvalue weighted by molar-refractivity contribution is 0.0792. The van der Waals surface area contributed by atoms with E-state index in [0.29, 0.717) is 12.1 Å². The van der Waals surface area contributed by atoms with E-state index in [1.807, 2.05) is 11.8 Å². The van der Waals surface area contributed by atoms with E-state index in [1.165, 1.54) is 24.5 Å². The minimum Gasteiger partial charge on any atom is -0.339 e. The Morgan fingerprint density at radius 3 is 2.62 bits per heavy atom. The molecule has 6 heteroatoms. The molecule has 1 saturated heterocycles. The normalized spacial score (nSPS) is 18.0. The number of carbonyl (C=O) groups is 1. The number of nitrogens with one attached hydrogen (secondary N) is 1. The fraction of sp³-hybridized carbons (Fsp3) is 0.550. The molecule has 1 aliphatic carbocycles. The van der Waals surface area contributed by atoms with Gasteiger partial charge in [-0.2, -0.15) is 0 Å². The molecule has 1 heterocycles. The molecule has 0 aromatic heterocycles. The Bertz CT molecular complexity index is 793. The molecule has 0 spiro atoms. The van der Waals surface area contributed by atoms with E-state index in [9.17, 15) is 13.2 Å². The minimum atomic E-state index is -3.61. The predicted molar refractivity (Wildman–Crippen MR) is 103 cm³/mol. The van der Waals surface area contributed by atoms with Crippen molar-refractivity contribution < 1.29 is 13.2 Å². The molecule has 1 fully saturated rings. The number of aryl methyl sites for hydroxylation is 1. The Hall–Kier alpha value is -1.66. The molecule has 1 aliphatic heterocycles. The van der Waals surface area contributed by atoms with E-state index >= 15 is 0 Å². The largest absolute Gasteiger partial charge is 0.339 e. The maximum absolute atomic E-state index is 12.7. The van der Waals surface area contributed by atoms with Crippen LogP contribution >= 0.6 is 0 Å². The summed E-state index contributed by atoms with van der Waals surface area (Å²) < 4.78 is 27.9. The zero-order valence-electron chi connectivity index (χ0n) is 15.5. The molecule has 142 valence electrons. The predicted octanol–water partition coefficient (Wildman–Crippen LogP) is 3.40. The molecule has 2 aliphatic rings. The Morgan fingerprint density at radius 1 is 1.15 bits per heavy atom. The van der Waals surface area contributed by atoms with E-state index in [-0.39, 0.29) is 10.8 Å². The molecular formula is C20H28N2O3S. The Labute approximate surface area is 156 Å². The highest BCUT2D eigenvalue weighted by atomic mass is 32.2. The van der Waals surface area contributed by atoms with E-state index < -0.39 is 10.0 Å². The van der Waals surface area contributed by atoms with Crippen molar-refractivity contribution in [1.29, 1.82) is 0 Å². The number of carbonyl (C=O) groups excluding carboxylic acids is 1. The topological polar surface area (TPSA) is 66.5 Å². The molecule has 0 saturated carbocycles. The first-order chi connectivity index (χ1) is 12.5. The molecular weight excluding hydrogens is 348 g/mol. The summed E-state index contributed by atoms with van der Waals surface area (Å²) in [4.78, 5) is 14.6. The fourth-order valence-electron chi connectivity index (χ4n) is 3.65. The van der Waals surface area contributed by atoms with Crippen LogP contribution in [0.15, 0.2) is 34.7 Å². The van der Waals surface area contributed by atoms with Crippen molar-refractivity contribution in [3.8, 4) is 0 Å². The number of likely N-dealkylation sites (tertiary alicyclic amines) is 1. The fourth-order valence-corrected chi connectivity index (χ4v) is 4.71. The first-order valence-electron chi connectivity index (χ1n) is 9.55. The Morgan fingerprint density at radius 2 is 1.92 bits per heavy atom. The van der Waals surface area contributed by atoms with Crippen LogP contribution in [0.2, 0.25) is 0 Å². The average molecular weight is 377 g/mol.